The van der Waals surface area contributed by atoms with Crippen LogP contribution in [0.5, 0.6) is 0 Å². The number of nitrogens with zero attached hydrogens (tertiary/aromatic N) is 1. The van der Waals surface area contributed by atoms with Gasteiger partial charge in [0.2, 0.25) is 0 Å². The fourth-order valence-corrected chi connectivity index (χ4v) is 2.46. The van der Waals surface area contributed by atoms with E-state index in [4.69, 9.17) is 0 Å². The van der Waals surface area contributed by atoms with Crippen LogP contribution in [0.15, 0.2) is 4.79 Å². The molecule has 0 unspecified atom stereocenters. The van der Waals surface area contributed by atoms with E-state index in [1.165, 1.54) is 6.42 Å². The largest absolute Gasteiger partial charge is 0.310 e. The van der Waals surface area contributed by atoms with Crippen molar-refractivity contribution in [2.24, 2.45) is 0 Å². The topological polar surface area (TPSA) is 45.8 Å². The molecule has 15 heavy (non-hydrogen) atoms. The lowest BCUT2D eigenvalue weighted by Crippen LogP contribution is -2.22. The quantitative estimate of drug-likeness (QED) is 0.853. The first-order valence-electron chi connectivity index (χ1n) is 5.50. The van der Waals surface area contributed by atoms with E-state index in [9.17, 15) is 4.79 Å². The fraction of sp³-hybridized carbons (Fsp3) is 0.636. The highest BCUT2D eigenvalue weighted by atomic mass is 32.2. The smallest absolute Gasteiger partial charge is 0.254 e. The molecule has 0 bridgehead atoms. The Morgan fingerprint density at radius 3 is 3.00 bits per heavy atom. The van der Waals surface area contributed by atoms with E-state index >= 15 is 0 Å². The molecule has 4 heteroatoms. The molecule has 0 radical (unpaired) electrons. The molecule has 0 aromatic carbocycles. The van der Waals surface area contributed by atoms with E-state index in [1.807, 2.05) is 0 Å². The predicted octanol–water partition coefficient (Wildman–Crippen LogP) is 1.90. The second-order valence-electron chi connectivity index (χ2n) is 3.78. The summed E-state index contributed by atoms with van der Waals surface area (Å²) in [6, 6.07) is 0. The lowest BCUT2D eigenvalue weighted by molar-refractivity contribution is 0.651. The predicted molar refractivity (Wildman–Crippen MR) is 63.3 cm³/mol. The first-order chi connectivity index (χ1) is 7.31. The molecule has 1 aliphatic rings. The summed E-state index contributed by atoms with van der Waals surface area (Å²) in [4.78, 5) is 19.2. The molecule has 0 saturated heterocycles. The first-order valence-corrected chi connectivity index (χ1v) is 6.65. The van der Waals surface area contributed by atoms with E-state index < -0.39 is 0 Å². The van der Waals surface area contributed by atoms with Crippen LogP contribution in [-0.2, 0) is 18.6 Å². The number of nitrogens with one attached hydrogen (secondary N) is 1. The molecule has 0 atom stereocenters. The number of hydrogen-bond acceptors (Lipinski definition) is 3. The molecule has 1 heterocycles. The number of rotatable bonds is 3. The van der Waals surface area contributed by atoms with Gasteiger partial charge in [-0.25, -0.2) is 4.98 Å². The number of aryl methyl sites for hydroxylation is 1. The van der Waals surface area contributed by atoms with Crippen molar-refractivity contribution >= 4 is 11.8 Å². The van der Waals surface area contributed by atoms with Gasteiger partial charge in [0.1, 0.15) is 5.82 Å². The Balaban J connectivity index is 2.28. The van der Waals surface area contributed by atoms with Gasteiger partial charge in [-0.05, 0) is 31.4 Å². The van der Waals surface area contributed by atoms with Crippen LogP contribution in [0.4, 0.5) is 0 Å². The van der Waals surface area contributed by atoms with Crippen LogP contribution in [0.2, 0.25) is 0 Å². The highest BCUT2D eigenvalue weighted by Gasteiger charge is 2.14. The van der Waals surface area contributed by atoms with Gasteiger partial charge in [-0.2, -0.15) is 11.8 Å². The molecule has 2 rings (SSSR count). The van der Waals surface area contributed by atoms with Gasteiger partial charge in [-0.15, -0.1) is 0 Å². The second kappa shape index (κ2) is 4.84. The van der Waals surface area contributed by atoms with Crippen LogP contribution in [0.3, 0.4) is 0 Å². The Morgan fingerprint density at radius 1 is 1.40 bits per heavy atom. The molecular weight excluding hydrogens is 208 g/mol. The Kier molecular flexibility index (Phi) is 3.46. The van der Waals surface area contributed by atoms with Gasteiger partial charge < -0.3 is 4.98 Å². The van der Waals surface area contributed by atoms with Crippen LogP contribution in [0.1, 0.15) is 36.8 Å². The average Bonchev–Trinajstić information content (AvgIpc) is 2.26. The summed E-state index contributed by atoms with van der Waals surface area (Å²) in [7, 11) is 0. The lowest BCUT2D eigenvalue weighted by Gasteiger charge is -2.14. The molecule has 1 aromatic heterocycles. The van der Waals surface area contributed by atoms with Crippen molar-refractivity contribution in [1.29, 1.82) is 0 Å². The average molecular weight is 224 g/mol. The highest BCUT2D eigenvalue weighted by molar-refractivity contribution is 7.98. The van der Waals surface area contributed by atoms with E-state index in [2.05, 4.69) is 16.9 Å². The van der Waals surface area contributed by atoms with E-state index in [0.29, 0.717) is 0 Å². The normalized spacial score (nSPS) is 15.0. The molecule has 0 amide bonds. The van der Waals surface area contributed by atoms with Crippen molar-refractivity contribution in [3.8, 4) is 0 Å². The van der Waals surface area contributed by atoms with Gasteiger partial charge in [-0.1, -0.05) is 6.92 Å². The number of H-pyrrole nitrogens is 1. The van der Waals surface area contributed by atoms with Crippen molar-refractivity contribution in [3.63, 3.8) is 0 Å². The minimum Gasteiger partial charge on any atom is -0.310 e. The Labute approximate surface area is 93.7 Å². The monoisotopic (exact) mass is 224 g/mol. The van der Waals surface area contributed by atoms with Crippen molar-refractivity contribution < 1.29 is 0 Å². The molecule has 0 spiro atoms. The van der Waals surface area contributed by atoms with E-state index in [-0.39, 0.29) is 5.56 Å². The highest BCUT2D eigenvalue weighted by Crippen LogP contribution is 2.16. The molecule has 0 fully saturated rings. The van der Waals surface area contributed by atoms with Gasteiger partial charge in [0, 0.05) is 5.56 Å². The van der Waals surface area contributed by atoms with Gasteiger partial charge in [-0.3, -0.25) is 4.79 Å². The van der Waals surface area contributed by atoms with Crippen molar-refractivity contribution in [3.05, 3.63) is 27.4 Å². The van der Waals surface area contributed by atoms with Crippen molar-refractivity contribution in [2.75, 3.05) is 5.75 Å². The van der Waals surface area contributed by atoms with E-state index in [1.54, 1.807) is 11.8 Å². The Morgan fingerprint density at radius 2 is 2.20 bits per heavy atom. The van der Waals surface area contributed by atoms with Gasteiger partial charge >= 0.3 is 0 Å². The van der Waals surface area contributed by atoms with Crippen molar-refractivity contribution in [1.82, 2.24) is 9.97 Å². The van der Waals surface area contributed by atoms with Crippen LogP contribution >= 0.6 is 11.8 Å². The van der Waals surface area contributed by atoms with Gasteiger partial charge in [0.05, 0.1) is 11.4 Å². The SMILES string of the molecule is CCSCc1nc2c(c(=O)[nH]1)CCCC2. The summed E-state index contributed by atoms with van der Waals surface area (Å²) in [6.07, 6.45) is 4.17. The summed E-state index contributed by atoms with van der Waals surface area (Å²) in [5, 5.41) is 0. The molecule has 0 aliphatic heterocycles. The molecule has 0 saturated carbocycles. The van der Waals surface area contributed by atoms with E-state index in [0.717, 1.165) is 47.8 Å². The molecular formula is C11H16N2OS. The van der Waals surface area contributed by atoms with Gasteiger partial charge in [0.15, 0.2) is 0 Å². The zero-order chi connectivity index (χ0) is 10.7. The maximum atomic E-state index is 11.7. The Hall–Kier alpha value is -0.770. The summed E-state index contributed by atoms with van der Waals surface area (Å²) in [5.41, 5.74) is 2.05. The zero-order valence-electron chi connectivity index (χ0n) is 9.01. The van der Waals surface area contributed by atoms with Crippen LogP contribution in [0.25, 0.3) is 0 Å². The molecule has 1 aromatic rings. The minimum absolute atomic E-state index is 0.0893. The van der Waals surface area contributed by atoms with Crippen LogP contribution in [0, 0.1) is 0 Å². The van der Waals surface area contributed by atoms with Crippen molar-refractivity contribution in [2.45, 2.75) is 38.4 Å². The number of fused-ring (bicyclic) bond motifs is 1. The Bertz CT molecular complexity index is 400. The second-order valence-corrected chi connectivity index (χ2v) is 5.06. The minimum atomic E-state index is 0.0893. The molecule has 1 aliphatic carbocycles. The standard InChI is InChI=1S/C11H16N2OS/c1-2-15-7-10-12-9-6-4-3-5-8(9)11(14)13-10/h2-7H2,1H3,(H,12,13,14). The van der Waals surface area contributed by atoms with Gasteiger partial charge in [0.25, 0.3) is 5.56 Å². The third-order valence-electron chi connectivity index (χ3n) is 2.68. The lowest BCUT2D eigenvalue weighted by atomic mass is 9.97. The zero-order valence-corrected chi connectivity index (χ0v) is 9.82. The molecule has 3 nitrogen and oxygen atoms in total. The summed E-state index contributed by atoms with van der Waals surface area (Å²) in [6.45, 7) is 2.11. The van der Waals surface area contributed by atoms with Crippen LogP contribution < -0.4 is 5.56 Å². The molecule has 1 N–H and O–H groups in total. The summed E-state index contributed by atoms with van der Waals surface area (Å²) in [5.74, 6) is 2.72. The summed E-state index contributed by atoms with van der Waals surface area (Å²) < 4.78 is 0. The maximum absolute atomic E-state index is 11.7. The molecule has 82 valence electrons. The number of aromatic nitrogens is 2. The third kappa shape index (κ3) is 2.43. The fourth-order valence-electron chi connectivity index (χ4n) is 1.92. The van der Waals surface area contributed by atoms with Crippen LogP contribution in [-0.4, -0.2) is 15.7 Å². The first kappa shape index (κ1) is 10.7. The maximum Gasteiger partial charge on any atom is 0.254 e. The third-order valence-corrected chi connectivity index (χ3v) is 3.57. The number of hydrogen-bond donors (Lipinski definition) is 1. The summed E-state index contributed by atoms with van der Waals surface area (Å²) >= 11 is 1.79. The number of aromatic amines is 1. The number of thioether (sulfide) groups is 1.